The molecular formula is C38H45N3O6S. The lowest BCUT2D eigenvalue weighted by molar-refractivity contribution is -0.147. The summed E-state index contributed by atoms with van der Waals surface area (Å²) in [6.45, 7) is 1.71. The number of hydrogen-bond acceptors (Lipinski definition) is 6. The van der Waals surface area contributed by atoms with Crippen LogP contribution in [-0.4, -0.2) is 67.4 Å². The third-order valence-electron chi connectivity index (χ3n) is 12.7. The Morgan fingerprint density at radius 2 is 1.65 bits per heavy atom. The van der Waals surface area contributed by atoms with Gasteiger partial charge >= 0.3 is 0 Å². The fourth-order valence-electron chi connectivity index (χ4n) is 10.1. The molecule has 3 aliphatic carbocycles. The van der Waals surface area contributed by atoms with E-state index in [2.05, 4.69) is 26.3 Å². The largest absolute Gasteiger partial charge is 0.497 e. The van der Waals surface area contributed by atoms with Crippen molar-refractivity contribution < 1.29 is 27.5 Å². The first kappa shape index (κ1) is 30.7. The summed E-state index contributed by atoms with van der Waals surface area (Å²) < 4.78 is 42.6. The number of nitrogens with one attached hydrogen (secondary N) is 1. The van der Waals surface area contributed by atoms with Crippen LogP contribution in [0.1, 0.15) is 110 Å². The first-order valence-electron chi connectivity index (χ1n) is 18.1. The summed E-state index contributed by atoms with van der Waals surface area (Å²) in [5.74, 6) is 0.861. The molecule has 0 spiro atoms. The minimum absolute atomic E-state index is 0.0644. The van der Waals surface area contributed by atoms with Gasteiger partial charge in [0.05, 0.1) is 48.8 Å². The van der Waals surface area contributed by atoms with E-state index in [1.54, 1.807) is 13.2 Å². The zero-order valence-electron chi connectivity index (χ0n) is 27.7. The van der Waals surface area contributed by atoms with E-state index in [4.69, 9.17) is 9.47 Å². The van der Waals surface area contributed by atoms with Crippen molar-refractivity contribution in [2.75, 3.05) is 20.3 Å². The van der Waals surface area contributed by atoms with Crippen LogP contribution in [0.3, 0.4) is 0 Å². The van der Waals surface area contributed by atoms with Crippen molar-refractivity contribution in [3.63, 3.8) is 0 Å². The van der Waals surface area contributed by atoms with Crippen LogP contribution in [0.2, 0.25) is 0 Å². The maximum absolute atomic E-state index is 14.9. The number of benzene rings is 2. The second kappa shape index (κ2) is 11.3. The third kappa shape index (κ3) is 4.68. The molecule has 0 radical (unpaired) electrons. The minimum Gasteiger partial charge on any atom is -0.497 e. The smallest absolute Gasteiger partial charge is 0.264 e. The van der Waals surface area contributed by atoms with E-state index in [0.717, 1.165) is 72.9 Å². The van der Waals surface area contributed by atoms with Crippen LogP contribution >= 0.6 is 0 Å². The van der Waals surface area contributed by atoms with Crippen molar-refractivity contribution in [2.45, 2.75) is 113 Å². The van der Waals surface area contributed by atoms with Gasteiger partial charge in [0.15, 0.2) is 0 Å². The summed E-state index contributed by atoms with van der Waals surface area (Å²) in [6.07, 6.45) is 11.4. The van der Waals surface area contributed by atoms with Crippen molar-refractivity contribution in [1.29, 1.82) is 0 Å². The van der Waals surface area contributed by atoms with Gasteiger partial charge in [-0.3, -0.25) is 9.59 Å². The predicted octanol–water partition coefficient (Wildman–Crippen LogP) is 6.24. The number of rotatable bonds is 6. The van der Waals surface area contributed by atoms with Gasteiger partial charge in [0, 0.05) is 34.5 Å². The molecule has 2 aromatic carbocycles. The average Bonchev–Trinajstić information content (AvgIpc) is 3.32. The van der Waals surface area contributed by atoms with Gasteiger partial charge in [-0.25, -0.2) is 13.1 Å². The molecule has 1 aromatic heterocycles. The predicted molar refractivity (Wildman–Crippen MR) is 183 cm³/mol. The Labute approximate surface area is 282 Å². The fraction of sp³-hybridized carbons (Fsp3) is 0.579. The normalized spacial score (nSPS) is 28.4. The zero-order valence-corrected chi connectivity index (χ0v) is 28.5. The van der Waals surface area contributed by atoms with Crippen molar-refractivity contribution in [3.05, 3.63) is 53.1 Å². The number of ether oxygens (including phenoxy) is 2. The Bertz CT molecular complexity index is 1910. The van der Waals surface area contributed by atoms with Crippen LogP contribution in [0.15, 0.2) is 36.4 Å². The van der Waals surface area contributed by atoms with E-state index in [1.807, 2.05) is 18.2 Å². The highest BCUT2D eigenvalue weighted by Crippen LogP contribution is 2.66. The van der Waals surface area contributed by atoms with Gasteiger partial charge in [0.25, 0.3) is 5.91 Å². The van der Waals surface area contributed by atoms with Gasteiger partial charge in [-0.05, 0) is 92.3 Å². The molecule has 10 heteroatoms. The Balaban J connectivity index is 1.21. The molecule has 254 valence electrons. The van der Waals surface area contributed by atoms with Crippen molar-refractivity contribution >= 4 is 32.7 Å². The standard InChI is InChI=1S/C38H45N3O6S/c1-46-27-14-16-29-31(18-27)32-19-38(32,37(43)41-25-12-13-26(41)21-47-20-25)22-40-33-17-24(36(42)39-48(44,45)28-9-5-6-10-28)11-15-30(33)34(35(29)40)23-7-3-2-4-8-23/h11,14-18,23,25-26,28,32H,2-10,12-13,19-22H2,1H3,(H,39,42)/t25-,26?,32?,38?/m0/s1. The van der Waals surface area contributed by atoms with E-state index < -0.39 is 26.6 Å². The minimum atomic E-state index is -3.76. The van der Waals surface area contributed by atoms with Gasteiger partial charge in [-0.2, -0.15) is 0 Å². The van der Waals surface area contributed by atoms with Crippen molar-refractivity contribution in [3.8, 4) is 17.0 Å². The zero-order chi connectivity index (χ0) is 32.8. The summed E-state index contributed by atoms with van der Waals surface area (Å²) in [5.41, 5.74) is 5.39. The number of nitrogens with zero attached hydrogens (tertiary/aromatic N) is 2. The van der Waals surface area contributed by atoms with Crippen LogP contribution in [0.4, 0.5) is 0 Å². The van der Waals surface area contributed by atoms with E-state index in [-0.39, 0.29) is 23.9 Å². The lowest BCUT2D eigenvalue weighted by Crippen LogP contribution is -2.52. The van der Waals surface area contributed by atoms with E-state index in [1.165, 1.54) is 30.4 Å². The molecule has 2 amide bonds. The molecule has 4 atom stereocenters. The molecule has 1 N–H and O–H groups in total. The molecule has 48 heavy (non-hydrogen) atoms. The van der Waals surface area contributed by atoms with Crippen LogP contribution in [-0.2, 0) is 26.1 Å². The quantitative estimate of drug-likeness (QED) is 0.333. The Kier molecular flexibility index (Phi) is 7.24. The molecule has 3 saturated carbocycles. The van der Waals surface area contributed by atoms with Crippen LogP contribution in [0.5, 0.6) is 5.75 Å². The monoisotopic (exact) mass is 671 g/mol. The summed E-state index contributed by atoms with van der Waals surface area (Å²) in [4.78, 5) is 30.7. The van der Waals surface area contributed by atoms with Gasteiger partial charge in [0.2, 0.25) is 15.9 Å². The molecule has 2 saturated heterocycles. The number of fused-ring (bicyclic) bond motifs is 9. The fourth-order valence-corrected chi connectivity index (χ4v) is 11.6. The summed E-state index contributed by atoms with van der Waals surface area (Å²) in [5, 5.41) is 0.580. The molecule has 3 aromatic rings. The molecule has 4 heterocycles. The number of aromatic nitrogens is 1. The lowest BCUT2D eigenvalue weighted by atomic mass is 9.81. The summed E-state index contributed by atoms with van der Waals surface area (Å²) in [7, 11) is -2.07. The second-order valence-electron chi connectivity index (χ2n) is 15.3. The Morgan fingerprint density at radius 1 is 0.917 bits per heavy atom. The van der Waals surface area contributed by atoms with Gasteiger partial charge in [-0.1, -0.05) is 38.2 Å². The maximum atomic E-state index is 14.9. The number of sulfonamides is 1. The average molecular weight is 672 g/mol. The first-order chi connectivity index (χ1) is 23.3. The number of hydrogen-bond donors (Lipinski definition) is 1. The third-order valence-corrected chi connectivity index (χ3v) is 14.5. The molecule has 6 aliphatic rings. The van der Waals surface area contributed by atoms with Gasteiger partial charge in [0.1, 0.15) is 5.75 Å². The highest BCUT2D eigenvalue weighted by atomic mass is 32.2. The van der Waals surface area contributed by atoms with Crippen LogP contribution in [0.25, 0.3) is 22.2 Å². The topological polar surface area (TPSA) is 107 Å². The summed E-state index contributed by atoms with van der Waals surface area (Å²) >= 11 is 0. The number of carbonyl (C=O) groups is 2. The number of amides is 2. The van der Waals surface area contributed by atoms with Gasteiger partial charge in [-0.15, -0.1) is 0 Å². The molecule has 2 bridgehead atoms. The van der Waals surface area contributed by atoms with Crippen molar-refractivity contribution in [1.82, 2.24) is 14.2 Å². The highest BCUT2D eigenvalue weighted by molar-refractivity contribution is 7.90. The second-order valence-corrected chi connectivity index (χ2v) is 17.3. The van der Waals surface area contributed by atoms with E-state index in [9.17, 15) is 18.0 Å². The maximum Gasteiger partial charge on any atom is 0.264 e. The van der Waals surface area contributed by atoms with Crippen LogP contribution in [0, 0.1) is 5.41 Å². The number of morpholine rings is 1. The molecular weight excluding hydrogens is 627 g/mol. The van der Waals surface area contributed by atoms with E-state index >= 15 is 0 Å². The van der Waals surface area contributed by atoms with E-state index in [0.29, 0.717) is 44.1 Å². The highest BCUT2D eigenvalue weighted by Gasteiger charge is 2.65. The summed E-state index contributed by atoms with van der Waals surface area (Å²) in [6, 6.07) is 12.3. The molecule has 5 fully saturated rings. The number of carbonyl (C=O) groups excluding carboxylic acids is 2. The first-order valence-corrected chi connectivity index (χ1v) is 19.6. The molecule has 9 rings (SSSR count). The van der Waals surface area contributed by atoms with Gasteiger partial charge < -0.3 is 18.9 Å². The Morgan fingerprint density at radius 3 is 2.38 bits per heavy atom. The Hall–Kier alpha value is -3.37. The molecule has 3 aliphatic heterocycles. The SMILES string of the molecule is COc1ccc2c(c1)C1CC1(C(=O)N1C3CC[C@H]1COC3)Cn1c-2c(C2CCCCC2)c2ccc(C(=O)NS(=O)(=O)C3CCCC3)cc21. The van der Waals surface area contributed by atoms with Crippen molar-refractivity contribution in [2.24, 2.45) is 5.41 Å². The number of methoxy groups -OCH3 is 1. The van der Waals surface area contributed by atoms with Crippen LogP contribution < -0.4 is 9.46 Å². The lowest BCUT2D eigenvalue weighted by Gasteiger charge is -2.37. The molecule has 9 nitrogen and oxygen atoms in total. The molecule has 3 unspecified atom stereocenters.